The molecule has 17 heteroatoms. The van der Waals surface area contributed by atoms with Gasteiger partial charge in [0, 0.05) is 11.8 Å². The summed E-state index contributed by atoms with van der Waals surface area (Å²) in [6, 6.07) is 13.6. The molecule has 3 aromatic heterocycles. The molecule has 0 spiro atoms. The highest BCUT2D eigenvalue weighted by Gasteiger charge is 2.38. The van der Waals surface area contributed by atoms with Gasteiger partial charge in [-0.2, -0.15) is 26.3 Å². The highest BCUT2D eigenvalue weighted by atomic mass is 19.4. The zero-order chi connectivity index (χ0) is 31.9. The lowest BCUT2D eigenvalue weighted by molar-refractivity contribution is -0.193. The van der Waals surface area contributed by atoms with E-state index in [-0.39, 0.29) is 11.9 Å². The molecule has 2 aromatic carbocycles. The van der Waals surface area contributed by atoms with E-state index < -0.39 is 24.3 Å². The van der Waals surface area contributed by atoms with Crippen LogP contribution in [-0.4, -0.2) is 59.4 Å². The summed E-state index contributed by atoms with van der Waals surface area (Å²) < 4.78 is 77.4. The molecule has 1 atom stereocenters. The third-order valence-electron chi connectivity index (χ3n) is 5.48. The maximum absolute atomic E-state index is 14.0. The number of fused-ring (bicyclic) bond motifs is 2. The van der Waals surface area contributed by atoms with Crippen LogP contribution in [0.5, 0.6) is 0 Å². The van der Waals surface area contributed by atoms with Crippen molar-refractivity contribution >= 4 is 39.7 Å². The number of hydrogen-bond donors (Lipinski definition) is 4. The first-order chi connectivity index (χ1) is 20.1. The van der Waals surface area contributed by atoms with Crippen LogP contribution in [0.25, 0.3) is 33.1 Å². The Bertz CT molecular complexity index is 1720. The van der Waals surface area contributed by atoms with E-state index in [0.29, 0.717) is 17.0 Å². The van der Waals surface area contributed by atoms with Gasteiger partial charge in [0.05, 0.1) is 18.6 Å². The summed E-state index contributed by atoms with van der Waals surface area (Å²) in [4.78, 5) is 37.7. The Morgan fingerprint density at radius 2 is 1.53 bits per heavy atom. The first kappa shape index (κ1) is 32.2. The van der Waals surface area contributed by atoms with E-state index in [9.17, 15) is 30.7 Å². The summed E-state index contributed by atoms with van der Waals surface area (Å²) in [5, 5.41) is 19.8. The molecule has 0 saturated carbocycles. The monoisotopic (exact) mass is 612 g/mol. The number of anilines is 1. The van der Waals surface area contributed by atoms with Crippen LogP contribution < -0.4 is 5.32 Å². The molecule has 10 nitrogen and oxygen atoms in total. The number of alkyl halides is 6. The molecular weight excluding hydrogens is 593 g/mol. The standard InChI is InChI=1S/C22H17FN6.2C2HF3O2/c1-13(29-22-20-21(26-11-25-20)27-12-28-22)17-7-6-14-4-2-3-5-18(14)19(17)15-8-16(23)10-24-9-15;2*3-2(4,5)1(6)7/h2-13H,1H3,(H2,25,26,27,28,29);2*(H,6,7). The fourth-order valence-corrected chi connectivity index (χ4v) is 3.67. The van der Waals surface area contributed by atoms with Gasteiger partial charge in [-0.3, -0.25) is 4.98 Å². The highest BCUT2D eigenvalue weighted by molar-refractivity contribution is 5.98. The van der Waals surface area contributed by atoms with Gasteiger partial charge < -0.3 is 20.5 Å². The molecular formula is C26H19F7N6O4. The average Bonchev–Trinajstić information content (AvgIpc) is 3.42. The quantitative estimate of drug-likeness (QED) is 0.175. The van der Waals surface area contributed by atoms with E-state index in [4.69, 9.17) is 19.8 Å². The van der Waals surface area contributed by atoms with Crippen molar-refractivity contribution in [2.24, 2.45) is 0 Å². The average molecular weight is 612 g/mol. The van der Waals surface area contributed by atoms with Crippen LogP contribution in [0.15, 0.2) is 67.5 Å². The summed E-state index contributed by atoms with van der Waals surface area (Å²) >= 11 is 0. The van der Waals surface area contributed by atoms with Crippen LogP contribution in [-0.2, 0) is 9.59 Å². The van der Waals surface area contributed by atoms with E-state index in [0.717, 1.165) is 27.5 Å². The second-order valence-electron chi connectivity index (χ2n) is 8.44. The number of nitrogens with zero attached hydrogens (tertiary/aromatic N) is 4. The zero-order valence-corrected chi connectivity index (χ0v) is 21.6. The van der Waals surface area contributed by atoms with Crippen LogP contribution in [0.2, 0.25) is 0 Å². The van der Waals surface area contributed by atoms with Crippen molar-refractivity contribution in [3.8, 4) is 11.1 Å². The van der Waals surface area contributed by atoms with Gasteiger partial charge in [-0.1, -0.05) is 36.4 Å². The zero-order valence-electron chi connectivity index (χ0n) is 21.6. The predicted molar refractivity (Wildman–Crippen MR) is 138 cm³/mol. The van der Waals surface area contributed by atoms with Crippen LogP contribution in [0, 0.1) is 5.82 Å². The number of hydrogen-bond acceptors (Lipinski definition) is 7. The molecule has 0 aliphatic rings. The SMILES string of the molecule is CC(Nc1ncnc2[nH]cnc12)c1ccc2ccccc2c1-c1cncc(F)c1.O=C(O)C(F)(F)F.O=C(O)C(F)(F)F. The number of carbonyl (C=O) groups is 2. The topological polar surface area (TPSA) is 154 Å². The molecule has 226 valence electrons. The fraction of sp³-hybridized carbons (Fsp3) is 0.154. The van der Waals surface area contributed by atoms with Crippen molar-refractivity contribution in [2.75, 3.05) is 5.32 Å². The molecule has 5 rings (SSSR count). The first-order valence-corrected chi connectivity index (χ1v) is 11.7. The van der Waals surface area contributed by atoms with Crippen LogP contribution in [0.4, 0.5) is 36.6 Å². The Morgan fingerprint density at radius 1 is 0.907 bits per heavy atom. The lowest BCUT2D eigenvalue weighted by Gasteiger charge is -2.20. The summed E-state index contributed by atoms with van der Waals surface area (Å²) in [5.41, 5.74) is 4.04. The molecule has 43 heavy (non-hydrogen) atoms. The summed E-state index contributed by atoms with van der Waals surface area (Å²) in [6.07, 6.45) is -4.18. The Hall–Kier alpha value is -5.35. The van der Waals surface area contributed by atoms with Gasteiger partial charge in [0.15, 0.2) is 11.5 Å². The van der Waals surface area contributed by atoms with Gasteiger partial charge in [0.2, 0.25) is 0 Å². The number of aromatic nitrogens is 5. The second kappa shape index (κ2) is 13.1. The Kier molecular flexibility index (Phi) is 9.79. The number of benzene rings is 2. The number of aromatic amines is 1. The number of imidazole rings is 1. The normalized spacial score (nSPS) is 12.0. The lowest BCUT2D eigenvalue weighted by atomic mass is 9.91. The Balaban J connectivity index is 0.000000303. The fourth-order valence-electron chi connectivity index (χ4n) is 3.67. The maximum Gasteiger partial charge on any atom is 0.490 e. The van der Waals surface area contributed by atoms with Gasteiger partial charge in [-0.25, -0.2) is 28.9 Å². The van der Waals surface area contributed by atoms with Gasteiger partial charge >= 0.3 is 24.3 Å². The van der Waals surface area contributed by atoms with E-state index in [1.54, 1.807) is 12.5 Å². The number of carboxylic acids is 2. The van der Waals surface area contributed by atoms with Crippen molar-refractivity contribution in [2.45, 2.75) is 25.3 Å². The minimum atomic E-state index is -5.08. The van der Waals surface area contributed by atoms with E-state index in [1.165, 1.54) is 18.6 Å². The van der Waals surface area contributed by atoms with Crippen molar-refractivity contribution in [3.63, 3.8) is 0 Å². The highest BCUT2D eigenvalue weighted by Crippen LogP contribution is 2.36. The minimum absolute atomic E-state index is 0.118. The molecule has 0 saturated heterocycles. The number of rotatable bonds is 4. The molecule has 0 aliphatic heterocycles. The smallest absolute Gasteiger partial charge is 0.475 e. The third-order valence-corrected chi connectivity index (χ3v) is 5.48. The number of halogens is 7. The van der Waals surface area contributed by atoms with Crippen LogP contribution in [0.1, 0.15) is 18.5 Å². The van der Waals surface area contributed by atoms with E-state index in [2.05, 4.69) is 42.4 Å². The van der Waals surface area contributed by atoms with Gasteiger partial charge in [0.1, 0.15) is 17.7 Å². The largest absolute Gasteiger partial charge is 0.490 e. The maximum atomic E-state index is 14.0. The van der Waals surface area contributed by atoms with Crippen molar-refractivity contribution in [1.82, 2.24) is 24.9 Å². The summed E-state index contributed by atoms with van der Waals surface area (Å²) in [5.74, 6) is -5.24. The lowest BCUT2D eigenvalue weighted by Crippen LogP contribution is -2.21. The van der Waals surface area contributed by atoms with Gasteiger partial charge in [-0.15, -0.1) is 0 Å². The number of pyridine rings is 1. The van der Waals surface area contributed by atoms with Crippen molar-refractivity contribution < 1.29 is 50.5 Å². The molecule has 3 heterocycles. The molecule has 0 aliphatic carbocycles. The first-order valence-electron chi connectivity index (χ1n) is 11.7. The molecule has 0 bridgehead atoms. The third kappa shape index (κ3) is 8.34. The predicted octanol–water partition coefficient (Wildman–Crippen LogP) is 6.15. The van der Waals surface area contributed by atoms with Gasteiger partial charge in [0.25, 0.3) is 0 Å². The molecule has 0 amide bonds. The van der Waals surface area contributed by atoms with Crippen molar-refractivity contribution in [3.05, 3.63) is 78.9 Å². The number of nitrogens with one attached hydrogen (secondary N) is 2. The Labute approximate surface area is 236 Å². The molecule has 5 aromatic rings. The summed E-state index contributed by atoms with van der Waals surface area (Å²) in [6.45, 7) is 2.04. The van der Waals surface area contributed by atoms with Crippen LogP contribution >= 0.6 is 0 Å². The second-order valence-corrected chi connectivity index (χ2v) is 8.44. The minimum Gasteiger partial charge on any atom is -0.475 e. The van der Waals surface area contributed by atoms with E-state index >= 15 is 0 Å². The Morgan fingerprint density at radius 3 is 2.14 bits per heavy atom. The molecule has 0 radical (unpaired) electrons. The number of H-pyrrole nitrogens is 1. The van der Waals surface area contributed by atoms with Crippen LogP contribution in [0.3, 0.4) is 0 Å². The van der Waals surface area contributed by atoms with Crippen molar-refractivity contribution in [1.29, 1.82) is 0 Å². The summed E-state index contributed by atoms with van der Waals surface area (Å²) in [7, 11) is 0. The number of aliphatic carboxylic acids is 2. The molecule has 4 N–H and O–H groups in total. The molecule has 1 unspecified atom stereocenters. The van der Waals surface area contributed by atoms with Gasteiger partial charge in [-0.05, 0) is 34.9 Å². The van der Waals surface area contributed by atoms with E-state index in [1.807, 2.05) is 31.2 Å². The molecule has 0 fully saturated rings. The number of carboxylic acid groups (broad SMARTS) is 2.